The minimum atomic E-state index is -4.50. The van der Waals surface area contributed by atoms with Gasteiger partial charge in [-0.25, -0.2) is 8.42 Å². The van der Waals surface area contributed by atoms with Gasteiger partial charge in [0.05, 0.1) is 10.5 Å². The summed E-state index contributed by atoms with van der Waals surface area (Å²) in [5.41, 5.74) is -0.876. The van der Waals surface area contributed by atoms with Crippen molar-refractivity contribution in [3.05, 3.63) is 42.0 Å². The van der Waals surface area contributed by atoms with Crippen LogP contribution in [-0.2, 0) is 27.5 Å². The molecule has 1 aromatic heterocycles. The lowest BCUT2D eigenvalue weighted by molar-refractivity contribution is -0.137. The molecular formula is C16H19F3N4O3S. The number of alkyl halides is 3. The van der Waals surface area contributed by atoms with Crippen molar-refractivity contribution >= 4 is 10.0 Å². The van der Waals surface area contributed by atoms with Gasteiger partial charge < -0.3 is 9.30 Å². The van der Waals surface area contributed by atoms with Crippen LogP contribution < -0.4 is 0 Å². The molecule has 1 saturated heterocycles. The Bertz CT molecular complexity index is 873. The van der Waals surface area contributed by atoms with Gasteiger partial charge in [0.15, 0.2) is 5.82 Å². The summed E-state index contributed by atoms with van der Waals surface area (Å²) in [6, 6.07) is 3.62. The summed E-state index contributed by atoms with van der Waals surface area (Å²) in [5, 5.41) is 7.86. The molecule has 1 aliphatic heterocycles. The normalized spacial score (nSPS) is 17.3. The molecule has 3 rings (SSSR count). The van der Waals surface area contributed by atoms with Gasteiger partial charge in [0.2, 0.25) is 10.0 Å². The molecule has 11 heteroatoms. The van der Waals surface area contributed by atoms with Crippen LogP contribution in [0.1, 0.15) is 30.3 Å². The number of benzene rings is 1. The quantitative estimate of drug-likeness (QED) is 0.765. The van der Waals surface area contributed by atoms with E-state index >= 15 is 0 Å². The Morgan fingerprint density at radius 1 is 1.19 bits per heavy atom. The molecule has 0 unspecified atom stereocenters. The van der Waals surface area contributed by atoms with E-state index < -0.39 is 21.8 Å². The molecule has 1 aliphatic rings. The summed E-state index contributed by atoms with van der Waals surface area (Å²) in [4.78, 5) is -0.140. The second kappa shape index (κ2) is 7.56. The van der Waals surface area contributed by atoms with Crippen LogP contribution in [0.3, 0.4) is 0 Å². The lowest BCUT2D eigenvalue weighted by Gasteiger charge is -2.32. The highest BCUT2D eigenvalue weighted by Gasteiger charge is 2.33. The zero-order chi connectivity index (χ0) is 19.7. The number of sulfonamides is 1. The molecule has 0 amide bonds. The number of halogens is 3. The van der Waals surface area contributed by atoms with Crippen LogP contribution in [0.2, 0.25) is 0 Å². The molecule has 0 radical (unpaired) electrons. The predicted octanol–water partition coefficient (Wildman–Crippen LogP) is 2.47. The standard InChI is InChI=1S/C16H19F3N4O3S/c1-26-10-15-21-20-11-23(15)13-6-8-22(9-7-13)27(24,25)14-4-2-12(3-5-14)16(17,18)19/h2-5,11,13H,6-10H2,1H3. The van der Waals surface area contributed by atoms with Crippen molar-refractivity contribution in [2.75, 3.05) is 20.2 Å². The summed E-state index contributed by atoms with van der Waals surface area (Å²) < 4.78 is 71.6. The Morgan fingerprint density at radius 3 is 2.37 bits per heavy atom. The predicted molar refractivity (Wildman–Crippen MR) is 89.2 cm³/mol. The van der Waals surface area contributed by atoms with Gasteiger partial charge in [-0.15, -0.1) is 10.2 Å². The van der Waals surface area contributed by atoms with Crippen LogP contribution >= 0.6 is 0 Å². The van der Waals surface area contributed by atoms with Crippen molar-refractivity contribution in [2.24, 2.45) is 0 Å². The third-order valence-corrected chi connectivity index (χ3v) is 6.47. The van der Waals surface area contributed by atoms with E-state index in [1.165, 1.54) is 4.31 Å². The number of rotatable bonds is 5. The molecule has 0 aliphatic carbocycles. The number of methoxy groups -OCH3 is 1. The first-order chi connectivity index (χ1) is 12.7. The van der Waals surface area contributed by atoms with E-state index in [1.54, 1.807) is 13.4 Å². The molecule has 2 aromatic rings. The molecular weight excluding hydrogens is 385 g/mol. The minimum Gasteiger partial charge on any atom is -0.377 e. The molecule has 0 spiro atoms. The van der Waals surface area contributed by atoms with Crippen LogP contribution in [-0.4, -0.2) is 47.7 Å². The van der Waals surface area contributed by atoms with Crippen molar-refractivity contribution in [1.29, 1.82) is 0 Å². The maximum Gasteiger partial charge on any atom is 0.416 e. The van der Waals surface area contributed by atoms with Gasteiger partial charge in [-0.05, 0) is 37.1 Å². The minimum absolute atomic E-state index is 0.0456. The molecule has 1 aromatic carbocycles. The van der Waals surface area contributed by atoms with Crippen molar-refractivity contribution in [1.82, 2.24) is 19.1 Å². The van der Waals surface area contributed by atoms with E-state index in [4.69, 9.17) is 4.74 Å². The van der Waals surface area contributed by atoms with Crippen LogP contribution in [0.25, 0.3) is 0 Å². The molecule has 7 nitrogen and oxygen atoms in total. The monoisotopic (exact) mass is 404 g/mol. The number of aromatic nitrogens is 3. The first kappa shape index (κ1) is 19.8. The molecule has 1 fully saturated rings. The largest absolute Gasteiger partial charge is 0.416 e. The smallest absolute Gasteiger partial charge is 0.377 e. The van der Waals surface area contributed by atoms with Crippen LogP contribution in [0.15, 0.2) is 35.5 Å². The fourth-order valence-electron chi connectivity index (χ4n) is 3.13. The Labute approximate surface area is 154 Å². The number of nitrogens with zero attached hydrogens (tertiary/aromatic N) is 4. The van der Waals surface area contributed by atoms with Gasteiger partial charge >= 0.3 is 6.18 Å². The van der Waals surface area contributed by atoms with Gasteiger partial charge in [0, 0.05) is 26.2 Å². The van der Waals surface area contributed by atoms with Gasteiger partial charge in [0.1, 0.15) is 12.9 Å². The van der Waals surface area contributed by atoms with E-state index in [9.17, 15) is 21.6 Å². The third-order valence-electron chi connectivity index (χ3n) is 4.56. The van der Waals surface area contributed by atoms with Crippen molar-refractivity contribution in [2.45, 2.75) is 36.6 Å². The summed E-state index contributed by atoms with van der Waals surface area (Å²) in [7, 11) is -2.28. The number of hydrogen-bond donors (Lipinski definition) is 0. The average Bonchev–Trinajstić information content (AvgIpc) is 3.10. The Kier molecular flexibility index (Phi) is 5.54. The van der Waals surface area contributed by atoms with Crippen LogP contribution in [0.4, 0.5) is 13.2 Å². The molecule has 0 N–H and O–H groups in total. The topological polar surface area (TPSA) is 77.3 Å². The Morgan fingerprint density at radius 2 is 1.81 bits per heavy atom. The molecule has 0 saturated carbocycles. The van der Waals surface area contributed by atoms with Gasteiger partial charge in [-0.1, -0.05) is 0 Å². The zero-order valence-electron chi connectivity index (χ0n) is 14.6. The second-order valence-electron chi connectivity index (χ2n) is 6.24. The highest BCUT2D eigenvalue weighted by molar-refractivity contribution is 7.89. The maximum absolute atomic E-state index is 12.7. The molecule has 27 heavy (non-hydrogen) atoms. The van der Waals surface area contributed by atoms with Crippen molar-refractivity contribution < 1.29 is 26.3 Å². The first-order valence-corrected chi connectivity index (χ1v) is 9.72. The lowest BCUT2D eigenvalue weighted by atomic mass is 10.1. The summed E-state index contributed by atoms with van der Waals surface area (Å²) in [6.45, 7) is 0.835. The molecule has 0 bridgehead atoms. The van der Waals surface area contributed by atoms with Gasteiger partial charge in [0.25, 0.3) is 0 Å². The van der Waals surface area contributed by atoms with Gasteiger partial charge in [-0.3, -0.25) is 0 Å². The van der Waals surface area contributed by atoms with Crippen LogP contribution in [0.5, 0.6) is 0 Å². The van der Waals surface area contributed by atoms with Gasteiger partial charge in [-0.2, -0.15) is 17.5 Å². The third kappa shape index (κ3) is 4.14. The summed E-state index contributed by atoms with van der Waals surface area (Å²) in [5.74, 6) is 0.668. The van der Waals surface area contributed by atoms with Crippen LogP contribution in [0, 0.1) is 0 Å². The SMILES string of the molecule is COCc1nncn1C1CCN(S(=O)(=O)c2ccc(C(F)(F)F)cc2)CC1. The number of ether oxygens (including phenoxy) is 1. The Hall–Kier alpha value is -1.98. The first-order valence-electron chi connectivity index (χ1n) is 8.28. The molecule has 148 valence electrons. The van der Waals surface area contributed by atoms with E-state index in [2.05, 4.69) is 10.2 Å². The highest BCUT2D eigenvalue weighted by atomic mass is 32.2. The fourth-order valence-corrected chi connectivity index (χ4v) is 4.60. The van der Waals surface area contributed by atoms with Crippen molar-refractivity contribution in [3.8, 4) is 0 Å². The van der Waals surface area contributed by atoms with E-state index in [0.717, 1.165) is 24.3 Å². The van der Waals surface area contributed by atoms with E-state index in [1.807, 2.05) is 4.57 Å². The second-order valence-corrected chi connectivity index (χ2v) is 8.18. The molecule has 2 heterocycles. The Balaban J connectivity index is 1.70. The maximum atomic E-state index is 12.7. The summed E-state index contributed by atoms with van der Waals surface area (Å²) in [6.07, 6.45) is -1.80. The highest BCUT2D eigenvalue weighted by Crippen LogP contribution is 2.31. The molecule has 0 atom stereocenters. The number of hydrogen-bond acceptors (Lipinski definition) is 5. The lowest BCUT2D eigenvalue weighted by Crippen LogP contribution is -2.39. The summed E-state index contributed by atoms with van der Waals surface area (Å²) >= 11 is 0. The fraction of sp³-hybridized carbons (Fsp3) is 0.500. The number of piperidine rings is 1. The van der Waals surface area contributed by atoms with E-state index in [-0.39, 0.29) is 24.0 Å². The zero-order valence-corrected chi connectivity index (χ0v) is 15.4. The average molecular weight is 404 g/mol. The van der Waals surface area contributed by atoms with Crippen molar-refractivity contribution in [3.63, 3.8) is 0 Å². The van der Waals surface area contributed by atoms with E-state index in [0.29, 0.717) is 25.3 Å².